The highest BCUT2D eigenvalue weighted by Gasteiger charge is 2.17. The van der Waals surface area contributed by atoms with Crippen molar-refractivity contribution < 1.29 is 34.4 Å². The van der Waals surface area contributed by atoms with Crippen LogP contribution in [0.5, 0.6) is 0 Å². The van der Waals surface area contributed by atoms with Crippen molar-refractivity contribution in [2.45, 2.75) is 0 Å². The average Bonchev–Trinajstić information content (AvgIpc) is 2.36. The standard InChI is InChI=1S/C10H8O7/c1-16-9(13)6-2-5(8(11)12)3-7(4-6)10(14)17-15/h2-4,15H,1H3,(H,11,12). The van der Waals surface area contributed by atoms with E-state index in [1.807, 2.05) is 0 Å². The first-order valence-electron chi connectivity index (χ1n) is 4.32. The molecule has 90 valence electrons. The van der Waals surface area contributed by atoms with Crippen LogP contribution >= 0.6 is 0 Å². The van der Waals surface area contributed by atoms with Gasteiger partial charge in [0.1, 0.15) is 0 Å². The minimum atomic E-state index is -1.33. The number of carbonyl (C=O) groups excluding carboxylic acids is 2. The SMILES string of the molecule is COC(=O)c1cc(C(=O)O)cc(C(=O)OO)c1. The predicted molar refractivity (Wildman–Crippen MR) is 52.8 cm³/mol. The van der Waals surface area contributed by atoms with E-state index in [-0.39, 0.29) is 16.7 Å². The molecule has 0 heterocycles. The van der Waals surface area contributed by atoms with Gasteiger partial charge in [0.05, 0.1) is 23.8 Å². The van der Waals surface area contributed by atoms with Crippen LogP contribution in [0, 0.1) is 0 Å². The molecule has 0 aliphatic rings. The second kappa shape index (κ2) is 5.08. The van der Waals surface area contributed by atoms with Gasteiger partial charge in [-0.05, 0) is 18.2 Å². The van der Waals surface area contributed by atoms with Crippen molar-refractivity contribution in [2.75, 3.05) is 7.11 Å². The Kier molecular flexibility index (Phi) is 3.78. The largest absolute Gasteiger partial charge is 0.478 e. The van der Waals surface area contributed by atoms with Crippen LogP contribution in [-0.2, 0) is 9.62 Å². The fraction of sp³-hybridized carbons (Fsp3) is 0.100. The fourth-order valence-corrected chi connectivity index (χ4v) is 1.16. The van der Waals surface area contributed by atoms with Crippen LogP contribution in [-0.4, -0.2) is 35.4 Å². The van der Waals surface area contributed by atoms with Gasteiger partial charge < -0.3 is 9.84 Å². The number of hydrogen-bond donors (Lipinski definition) is 2. The van der Waals surface area contributed by atoms with Crippen LogP contribution in [0.2, 0.25) is 0 Å². The summed E-state index contributed by atoms with van der Waals surface area (Å²) in [6.07, 6.45) is 0. The van der Waals surface area contributed by atoms with E-state index in [1.165, 1.54) is 0 Å². The topological polar surface area (TPSA) is 110 Å². The van der Waals surface area contributed by atoms with Crippen molar-refractivity contribution in [3.63, 3.8) is 0 Å². The molecule has 0 saturated carbocycles. The van der Waals surface area contributed by atoms with E-state index in [2.05, 4.69) is 9.62 Å². The maximum atomic E-state index is 11.2. The molecule has 7 nitrogen and oxygen atoms in total. The van der Waals surface area contributed by atoms with E-state index in [1.54, 1.807) is 0 Å². The highest BCUT2D eigenvalue weighted by molar-refractivity contribution is 5.99. The third-order valence-corrected chi connectivity index (χ3v) is 1.92. The maximum Gasteiger partial charge on any atom is 0.372 e. The van der Waals surface area contributed by atoms with Crippen molar-refractivity contribution in [3.8, 4) is 0 Å². The summed E-state index contributed by atoms with van der Waals surface area (Å²) in [7, 11) is 1.11. The summed E-state index contributed by atoms with van der Waals surface area (Å²) in [5, 5.41) is 17.0. The Balaban J connectivity index is 3.33. The molecule has 17 heavy (non-hydrogen) atoms. The summed E-state index contributed by atoms with van der Waals surface area (Å²) in [6.45, 7) is 0. The number of aromatic carboxylic acids is 1. The molecule has 1 aromatic rings. The van der Waals surface area contributed by atoms with Crippen molar-refractivity contribution in [1.82, 2.24) is 0 Å². The van der Waals surface area contributed by atoms with Crippen LogP contribution < -0.4 is 0 Å². The molecule has 0 atom stereocenters. The summed E-state index contributed by atoms with van der Waals surface area (Å²) in [5.74, 6) is -3.30. The Morgan fingerprint density at radius 2 is 1.47 bits per heavy atom. The lowest BCUT2D eigenvalue weighted by Crippen LogP contribution is -2.10. The summed E-state index contributed by atoms with van der Waals surface area (Å²) in [4.78, 5) is 36.5. The molecule has 0 unspecified atom stereocenters. The zero-order valence-electron chi connectivity index (χ0n) is 8.67. The molecule has 7 heteroatoms. The lowest BCUT2D eigenvalue weighted by molar-refractivity contribution is -0.182. The zero-order chi connectivity index (χ0) is 13.0. The number of carboxylic acids is 1. The molecule has 0 bridgehead atoms. The van der Waals surface area contributed by atoms with E-state index in [0.717, 1.165) is 25.3 Å². The van der Waals surface area contributed by atoms with Crippen molar-refractivity contribution in [1.29, 1.82) is 0 Å². The number of rotatable bonds is 3. The quantitative estimate of drug-likeness (QED) is 0.456. The van der Waals surface area contributed by atoms with Crippen LogP contribution in [0.4, 0.5) is 0 Å². The number of carboxylic acid groups (broad SMARTS) is 1. The van der Waals surface area contributed by atoms with Crippen LogP contribution in [0.3, 0.4) is 0 Å². The van der Waals surface area contributed by atoms with Gasteiger partial charge in [0.2, 0.25) is 0 Å². The van der Waals surface area contributed by atoms with Gasteiger partial charge in [0.15, 0.2) is 0 Å². The van der Waals surface area contributed by atoms with Gasteiger partial charge in [-0.2, -0.15) is 5.26 Å². The zero-order valence-corrected chi connectivity index (χ0v) is 8.67. The Hall–Kier alpha value is -2.41. The molecule has 0 radical (unpaired) electrons. The minimum Gasteiger partial charge on any atom is -0.478 e. The molecule has 0 spiro atoms. The van der Waals surface area contributed by atoms with Gasteiger partial charge in [-0.25, -0.2) is 14.4 Å². The van der Waals surface area contributed by atoms with E-state index in [4.69, 9.17) is 10.4 Å². The first-order valence-corrected chi connectivity index (χ1v) is 4.32. The molecule has 0 aliphatic heterocycles. The molecule has 0 amide bonds. The Morgan fingerprint density at radius 3 is 1.88 bits per heavy atom. The van der Waals surface area contributed by atoms with E-state index in [0.29, 0.717) is 0 Å². The predicted octanol–water partition coefficient (Wildman–Crippen LogP) is 0.801. The smallest absolute Gasteiger partial charge is 0.372 e. The summed E-state index contributed by atoms with van der Waals surface area (Å²) in [5.41, 5.74) is -0.700. The van der Waals surface area contributed by atoms with Crippen molar-refractivity contribution in [2.24, 2.45) is 0 Å². The van der Waals surface area contributed by atoms with E-state index in [9.17, 15) is 14.4 Å². The Labute approximate surface area is 95.1 Å². The van der Waals surface area contributed by atoms with Gasteiger partial charge in [-0.1, -0.05) is 0 Å². The third kappa shape index (κ3) is 2.79. The number of ether oxygens (including phenoxy) is 1. The van der Waals surface area contributed by atoms with Crippen LogP contribution in [0.25, 0.3) is 0 Å². The lowest BCUT2D eigenvalue weighted by Gasteiger charge is -2.04. The number of esters is 1. The Morgan fingerprint density at radius 1 is 1.00 bits per heavy atom. The van der Waals surface area contributed by atoms with Gasteiger partial charge in [-0.15, -0.1) is 0 Å². The highest BCUT2D eigenvalue weighted by Crippen LogP contribution is 2.12. The van der Waals surface area contributed by atoms with Crippen LogP contribution in [0.1, 0.15) is 31.1 Å². The molecule has 2 N–H and O–H groups in total. The summed E-state index contributed by atoms with van der Waals surface area (Å²) < 4.78 is 4.39. The first kappa shape index (κ1) is 12.7. The second-order valence-corrected chi connectivity index (χ2v) is 2.97. The second-order valence-electron chi connectivity index (χ2n) is 2.97. The molecule has 0 fully saturated rings. The average molecular weight is 240 g/mol. The minimum absolute atomic E-state index is 0.132. The van der Waals surface area contributed by atoms with Gasteiger partial charge >= 0.3 is 17.9 Å². The number of methoxy groups -OCH3 is 1. The Bertz CT molecular complexity index is 443. The first-order chi connectivity index (χ1) is 7.99. The number of benzene rings is 1. The van der Waals surface area contributed by atoms with E-state index >= 15 is 0 Å². The normalized spacial score (nSPS) is 9.53. The maximum absolute atomic E-state index is 11.2. The molecule has 0 saturated heterocycles. The molecular formula is C10H8O7. The number of carbonyl (C=O) groups is 3. The summed E-state index contributed by atoms with van der Waals surface area (Å²) in [6, 6.07) is 3.06. The number of hydrogen-bond acceptors (Lipinski definition) is 6. The fourth-order valence-electron chi connectivity index (χ4n) is 1.16. The van der Waals surface area contributed by atoms with Crippen LogP contribution in [0.15, 0.2) is 18.2 Å². The molecule has 0 aromatic heterocycles. The molecule has 1 aromatic carbocycles. The highest BCUT2D eigenvalue weighted by atomic mass is 17.1. The van der Waals surface area contributed by atoms with Crippen molar-refractivity contribution in [3.05, 3.63) is 34.9 Å². The molecular weight excluding hydrogens is 232 g/mol. The molecule has 0 aliphatic carbocycles. The van der Waals surface area contributed by atoms with E-state index < -0.39 is 17.9 Å². The summed E-state index contributed by atoms with van der Waals surface area (Å²) >= 11 is 0. The van der Waals surface area contributed by atoms with Crippen molar-refractivity contribution >= 4 is 17.9 Å². The monoisotopic (exact) mass is 240 g/mol. The third-order valence-electron chi connectivity index (χ3n) is 1.92. The lowest BCUT2D eigenvalue weighted by atomic mass is 10.1. The van der Waals surface area contributed by atoms with Gasteiger partial charge in [0, 0.05) is 0 Å². The van der Waals surface area contributed by atoms with Gasteiger partial charge in [-0.3, -0.25) is 4.89 Å². The molecule has 1 rings (SSSR count). The van der Waals surface area contributed by atoms with Gasteiger partial charge in [0.25, 0.3) is 0 Å².